The highest BCUT2D eigenvalue weighted by atomic mass is 32.2. The van der Waals surface area contributed by atoms with Gasteiger partial charge in [0.15, 0.2) is 4.34 Å². The molecular formula is C9H14N4OS2. The van der Waals surface area contributed by atoms with Gasteiger partial charge in [0, 0.05) is 12.6 Å². The molecule has 0 radical (unpaired) electrons. The van der Waals surface area contributed by atoms with Gasteiger partial charge in [0.25, 0.3) is 0 Å². The lowest BCUT2D eigenvalue weighted by atomic mass is 10.4. The van der Waals surface area contributed by atoms with Crippen LogP contribution in [0.2, 0.25) is 0 Å². The number of amides is 1. The molecule has 0 aliphatic heterocycles. The fraction of sp³-hybridized carbons (Fsp3) is 0.667. The average Bonchev–Trinajstić information content (AvgIpc) is 3.00. The highest BCUT2D eigenvalue weighted by Gasteiger charge is 2.31. The van der Waals surface area contributed by atoms with Crippen LogP contribution in [0.4, 0.5) is 5.13 Å². The Labute approximate surface area is 102 Å². The molecule has 1 aromatic heterocycles. The first kappa shape index (κ1) is 11.7. The van der Waals surface area contributed by atoms with Crippen LogP contribution in [0.1, 0.15) is 19.8 Å². The predicted molar refractivity (Wildman–Crippen MR) is 65.5 cm³/mol. The van der Waals surface area contributed by atoms with Gasteiger partial charge >= 0.3 is 0 Å². The molecule has 0 bridgehead atoms. The first-order valence-electron chi connectivity index (χ1n) is 5.22. The van der Waals surface area contributed by atoms with E-state index in [-0.39, 0.29) is 5.91 Å². The molecule has 2 N–H and O–H groups in total. The quantitative estimate of drug-likeness (QED) is 0.804. The Hall–Kier alpha value is -0.820. The number of carbonyl (C=O) groups is 1. The Morgan fingerprint density at radius 1 is 1.62 bits per heavy atom. The maximum absolute atomic E-state index is 11.9. The average molecular weight is 258 g/mol. The number of hydrogen-bond donors (Lipinski definition) is 1. The monoisotopic (exact) mass is 258 g/mol. The van der Waals surface area contributed by atoms with Crippen LogP contribution >= 0.6 is 23.1 Å². The number of carbonyl (C=O) groups excluding carboxylic acids is 1. The van der Waals surface area contributed by atoms with Crippen LogP contribution in [0, 0.1) is 0 Å². The molecule has 1 aliphatic carbocycles. The summed E-state index contributed by atoms with van der Waals surface area (Å²) in [4.78, 5) is 13.8. The molecule has 0 atom stereocenters. The van der Waals surface area contributed by atoms with Gasteiger partial charge in [0.1, 0.15) is 0 Å². The Morgan fingerprint density at radius 3 is 2.88 bits per heavy atom. The molecule has 0 spiro atoms. The van der Waals surface area contributed by atoms with Crippen LogP contribution in [0.3, 0.4) is 0 Å². The minimum atomic E-state index is 0.184. The van der Waals surface area contributed by atoms with E-state index in [1.54, 1.807) is 0 Å². The van der Waals surface area contributed by atoms with E-state index in [0.717, 1.165) is 23.7 Å². The van der Waals surface area contributed by atoms with E-state index in [9.17, 15) is 4.79 Å². The summed E-state index contributed by atoms with van der Waals surface area (Å²) >= 11 is 2.73. The molecule has 5 nitrogen and oxygen atoms in total. The van der Waals surface area contributed by atoms with E-state index < -0.39 is 0 Å². The summed E-state index contributed by atoms with van der Waals surface area (Å²) in [5, 5.41) is 8.03. The molecule has 1 amide bonds. The van der Waals surface area contributed by atoms with Crippen molar-refractivity contribution in [3.05, 3.63) is 0 Å². The van der Waals surface area contributed by atoms with Gasteiger partial charge < -0.3 is 10.6 Å². The lowest BCUT2D eigenvalue weighted by molar-refractivity contribution is -0.128. The van der Waals surface area contributed by atoms with Crippen molar-refractivity contribution in [2.75, 3.05) is 18.0 Å². The smallest absolute Gasteiger partial charge is 0.233 e. The van der Waals surface area contributed by atoms with Gasteiger partial charge in [0.2, 0.25) is 11.0 Å². The van der Waals surface area contributed by atoms with Crippen molar-refractivity contribution in [3.63, 3.8) is 0 Å². The van der Waals surface area contributed by atoms with Gasteiger partial charge in [-0.2, -0.15) is 0 Å². The number of thioether (sulfide) groups is 1. The number of nitrogens with zero attached hydrogens (tertiary/aromatic N) is 3. The third-order valence-electron chi connectivity index (χ3n) is 2.39. The van der Waals surface area contributed by atoms with Crippen molar-refractivity contribution in [2.24, 2.45) is 0 Å². The zero-order valence-electron chi connectivity index (χ0n) is 9.05. The first-order valence-corrected chi connectivity index (χ1v) is 7.02. The van der Waals surface area contributed by atoms with Crippen LogP contribution in [-0.2, 0) is 4.79 Å². The van der Waals surface area contributed by atoms with Crippen LogP contribution in [-0.4, -0.2) is 39.3 Å². The van der Waals surface area contributed by atoms with Crippen LogP contribution in [0.25, 0.3) is 0 Å². The van der Waals surface area contributed by atoms with E-state index in [0.29, 0.717) is 16.9 Å². The molecular weight excluding hydrogens is 244 g/mol. The molecule has 1 saturated carbocycles. The maximum Gasteiger partial charge on any atom is 0.233 e. The van der Waals surface area contributed by atoms with Crippen molar-refractivity contribution >= 4 is 34.1 Å². The van der Waals surface area contributed by atoms with Crippen LogP contribution < -0.4 is 5.73 Å². The van der Waals surface area contributed by atoms with E-state index in [1.807, 2.05) is 11.8 Å². The van der Waals surface area contributed by atoms with E-state index in [1.165, 1.54) is 23.1 Å². The largest absolute Gasteiger partial charge is 0.374 e. The molecule has 1 aliphatic rings. The summed E-state index contributed by atoms with van der Waals surface area (Å²) < 4.78 is 0.762. The topological polar surface area (TPSA) is 72.1 Å². The number of rotatable bonds is 5. The minimum Gasteiger partial charge on any atom is -0.374 e. The molecule has 2 rings (SSSR count). The molecule has 1 heterocycles. The zero-order valence-corrected chi connectivity index (χ0v) is 10.7. The van der Waals surface area contributed by atoms with Crippen molar-refractivity contribution in [2.45, 2.75) is 30.1 Å². The maximum atomic E-state index is 11.9. The number of nitrogens with two attached hydrogens (primary N) is 1. The molecule has 1 fully saturated rings. The number of hydrogen-bond acceptors (Lipinski definition) is 6. The Bertz CT molecular complexity index is 377. The van der Waals surface area contributed by atoms with Gasteiger partial charge in [-0.3, -0.25) is 4.79 Å². The zero-order chi connectivity index (χ0) is 11.5. The molecule has 0 aromatic carbocycles. The molecule has 88 valence electrons. The number of anilines is 1. The second-order valence-corrected chi connectivity index (χ2v) is 5.84. The summed E-state index contributed by atoms with van der Waals surface area (Å²) in [6.07, 6.45) is 2.30. The lowest BCUT2D eigenvalue weighted by Gasteiger charge is -2.19. The Balaban J connectivity index is 1.82. The highest BCUT2D eigenvalue weighted by molar-refractivity contribution is 8.01. The minimum absolute atomic E-state index is 0.184. The van der Waals surface area contributed by atoms with Crippen LogP contribution in [0.15, 0.2) is 4.34 Å². The standard InChI is InChI=1S/C9H14N4OS2/c1-2-13(6-3-4-6)7(14)5-15-9-12-11-8(10)16-9/h6H,2-5H2,1H3,(H2,10,11). The highest BCUT2D eigenvalue weighted by Crippen LogP contribution is 2.28. The predicted octanol–water partition coefficient (Wildman–Crippen LogP) is 1.22. The van der Waals surface area contributed by atoms with Crippen LogP contribution in [0.5, 0.6) is 0 Å². The van der Waals surface area contributed by atoms with Gasteiger partial charge in [-0.25, -0.2) is 0 Å². The van der Waals surface area contributed by atoms with Gasteiger partial charge in [-0.1, -0.05) is 23.1 Å². The summed E-state index contributed by atoms with van der Waals surface area (Å²) in [6.45, 7) is 2.81. The van der Waals surface area contributed by atoms with Gasteiger partial charge in [0.05, 0.1) is 5.75 Å². The summed E-state index contributed by atoms with van der Waals surface area (Å²) in [5.41, 5.74) is 5.47. The SMILES string of the molecule is CCN(C(=O)CSc1nnc(N)s1)C1CC1. The number of aromatic nitrogens is 2. The van der Waals surface area contributed by atoms with E-state index in [4.69, 9.17) is 5.73 Å². The van der Waals surface area contributed by atoms with Gasteiger partial charge in [-0.15, -0.1) is 10.2 Å². The number of nitrogen functional groups attached to an aromatic ring is 1. The molecule has 16 heavy (non-hydrogen) atoms. The van der Waals surface area contributed by atoms with Crippen molar-refractivity contribution < 1.29 is 4.79 Å². The third kappa shape index (κ3) is 2.85. The second-order valence-electron chi connectivity index (χ2n) is 3.61. The summed E-state index contributed by atoms with van der Waals surface area (Å²) in [7, 11) is 0. The lowest BCUT2D eigenvalue weighted by Crippen LogP contribution is -2.34. The van der Waals surface area contributed by atoms with Crippen molar-refractivity contribution in [3.8, 4) is 0 Å². The molecule has 1 aromatic rings. The summed E-state index contributed by atoms with van der Waals surface area (Å²) in [5.74, 6) is 0.614. The van der Waals surface area contributed by atoms with E-state index in [2.05, 4.69) is 10.2 Å². The van der Waals surface area contributed by atoms with Gasteiger partial charge in [-0.05, 0) is 19.8 Å². The fourth-order valence-electron chi connectivity index (χ4n) is 1.51. The first-order chi connectivity index (χ1) is 7.70. The summed E-state index contributed by atoms with van der Waals surface area (Å²) in [6, 6.07) is 0.484. The van der Waals surface area contributed by atoms with Crippen molar-refractivity contribution in [1.29, 1.82) is 0 Å². The molecule has 0 saturated heterocycles. The Kier molecular flexibility index (Phi) is 3.65. The Morgan fingerprint density at radius 2 is 2.38 bits per heavy atom. The van der Waals surface area contributed by atoms with Crippen molar-refractivity contribution in [1.82, 2.24) is 15.1 Å². The third-order valence-corrected chi connectivity index (χ3v) is 4.26. The fourth-order valence-corrected chi connectivity index (χ4v) is 3.03. The van der Waals surface area contributed by atoms with E-state index >= 15 is 0 Å². The second kappa shape index (κ2) is 5.01. The molecule has 0 unspecified atom stereocenters. The molecule has 7 heteroatoms. The normalized spacial score (nSPS) is 15.1.